The van der Waals surface area contributed by atoms with Gasteiger partial charge in [-0.15, -0.1) is 0 Å². The van der Waals surface area contributed by atoms with E-state index in [9.17, 15) is 4.39 Å². The Labute approximate surface area is 122 Å². The highest BCUT2D eigenvalue weighted by Gasteiger charge is 2.18. The van der Waals surface area contributed by atoms with Crippen molar-refractivity contribution in [3.63, 3.8) is 0 Å². The monoisotopic (exact) mass is 342 g/mol. The standard InChI is InChI=1S/C13H9BrClFN2O/c14-10-5-7(16)1-2-8(10)13-17-11-3-4-19-6-9(11)12(15)18-13/h1-2,5H,3-4,6H2. The number of rotatable bonds is 1. The molecule has 0 bridgehead atoms. The Morgan fingerprint density at radius 2 is 2.16 bits per heavy atom. The Morgan fingerprint density at radius 3 is 2.95 bits per heavy atom. The van der Waals surface area contributed by atoms with Gasteiger partial charge in [-0.2, -0.15) is 0 Å². The first kappa shape index (κ1) is 13.0. The molecule has 6 heteroatoms. The normalized spacial score (nSPS) is 14.3. The molecule has 19 heavy (non-hydrogen) atoms. The van der Waals surface area contributed by atoms with E-state index >= 15 is 0 Å². The van der Waals surface area contributed by atoms with Crippen molar-refractivity contribution in [1.82, 2.24) is 9.97 Å². The molecule has 3 rings (SSSR count). The van der Waals surface area contributed by atoms with Gasteiger partial charge in [0, 0.05) is 22.0 Å². The third-order valence-electron chi connectivity index (χ3n) is 2.94. The van der Waals surface area contributed by atoms with Crippen molar-refractivity contribution < 1.29 is 9.13 Å². The van der Waals surface area contributed by atoms with Gasteiger partial charge in [0.15, 0.2) is 5.82 Å². The molecule has 0 radical (unpaired) electrons. The molecule has 1 aromatic carbocycles. The van der Waals surface area contributed by atoms with Gasteiger partial charge in [-0.3, -0.25) is 0 Å². The first-order valence-electron chi connectivity index (χ1n) is 5.73. The Balaban J connectivity index is 2.13. The maximum absolute atomic E-state index is 13.1. The molecule has 1 aliphatic rings. The second-order valence-corrected chi connectivity index (χ2v) is 5.40. The molecule has 3 nitrogen and oxygen atoms in total. The smallest absolute Gasteiger partial charge is 0.162 e. The van der Waals surface area contributed by atoms with Crippen LogP contribution in [-0.2, 0) is 17.8 Å². The summed E-state index contributed by atoms with van der Waals surface area (Å²) < 4.78 is 19.0. The molecule has 0 saturated heterocycles. The van der Waals surface area contributed by atoms with E-state index in [2.05, 4.69) is 25.9 Å². The topological polar surface area (TPSA) is 35.0 Å². The maximum Gasteiger partial charge on any atom is 0.162 e. The van der Waals surface area contributed by atoms with Gasteiger partial charge in [-0.05, 0) is 34.1 Å². The van der Waals surface area contributed by atoms with Crippen LogP contribution in [0.2, 0.25) is 5.15 Å². The average molecular weight is 344 g/mol. The number of halogens is 3. The molecule has 1 aromatic heterocycles. The van der Waals surface area contributed by atoms with Gasteiger partial charge in [0.1, 0.15) is 11.0 Å². The zero-order chi connectivity index (χ0) is 13.4. The Bertz CT molecular complexity index is 651. The summed E-state index contributed by atoms with van der Waals surface area (Å²) in [6, 6.07) is 4.39. The largest absolute Gasteiger partial charge is 0.376 e. The fourth-order valence-corrected chi connectivity index (χ4v) is 2.76. The van der Waals surface area contributed by atoms with E-state index < -0.39 is 0 Å². The van der Waals surface area contributed by atoms with Crippen LogP contribution in [0.15, 0.2) is 22.7 Å². The molecule has 0 aliphatic carbocycles. The van der Waals surface area contributed by atoms with E-state index in [4.69, 9.17) is 16.3 Å². The highest BCUT2D eigenvalue weighted by molar-refractivity contribution is 9.10. The molecule has 0 atom stereocenters. The number of nitrogens with zero attached hydrogens (tertiary/aromatic N) is 2. The van der Waals surface area contributed by atoms with Crippen LogP contribution in [0.4, 0.5) is 4.39 Å². The summed E-state index contributed by atoms with van der Waals surface area (Å²) in [6.07, 6.45) is 0.712. The van der Waals surface area contributed by atoms with Crippen molar-refractivity contribution in [2.45, 2.75) is 13.0 Å². The zero-order valence-electron chi connectivity index (χ0n) is 9.79. The summed E-state index contributed by atoms with van der Waals surface area (Å²) in [4.78, 5) is 8.78. The molecule has 1 aliphatic heterocycles. The highest BCUT2D eigenvalue weighted by Crippen LogP contribution is 2.30. The van der Waals surface area contributed by atoms with Crippen molar-refractivity contribution in [2.24, 2.45) is 0 Å². The van der Waals surface area contributed by atoms with Crippen molar-refractivity contribution in [2.75, 3.05) is 6.61 Å². The quantitative estimate of drug-likeness (QED) is 0.739. The van der Waals surface area contributed by atoms with Gasteiger partial charge in [0.05, 0.1) is 18.9 Å². The first-order valence-corrected chi connectivity index (χ1v) is 6.90. The zero-order valence-corrected chi connectivity index (χ0v) is 12.1. The van der Waals surface area contributed by atoms with Crippen molar-refractivity contribution in [3.8, 4) is 11.4 Å². The number of aromatic nitrogens is 2. The molecule has 0 spiro atoms. The molecule has 2 heterocycles. The number of fused-ring (bicyclic) bond motifs is 1. The third kappa shape index (κ3) is 2.50. The number of hydrogen-bond acceptors (Lipinski definition) is 3. The SMILES string of the molecule is Fc1ccc(-c2nc(Cl)c3c(n2)CCOC3)c(Br)c1. The minimum Gasteiger partial charge on any atom is -0.376 e. The number of ether oxygens (including phenoxy) is 1. The van der Waals surface area contributed by atoms with Gasteiger partial charge >= 0.3 is 0 Å². The Kier molecular flexibility index (Phi) is 3.52. The fourth-order valence-electron chi connectivity index (χ4n) is 1.98. The van der Waals surface area contributed by atoms with Crippen LogP contribution in [0.25, 0.3) is 11.4 Å². The summed E-state index contributed by atoms with van der Waals surface area (Å²) in [6.45, 7) is 1.07. The van der Waals surface area contributed by atoms with E-state index in [0.717, 1.165) is 16.8 Å². The first-order chi connectivity index (χ1) is 9.15. The van der Waals surface area contributed by atoms with E-state index in [-0.39, 0.29) is 5.82 Å². The number of benzene rings is 1. The molecule has 2 aromatic rings. The van der Waals surface area contributed by atoms with Crippen LogP contribution in [0.5, 0.6) is 0 Å². The second kappa shape index (κ2) is 5.15. The summed E-state index contributed by atoms with van der Waals surface area (Å²) >= 11 is 9.48. The summed E-state index contributed by atoms with van der Waals surface area (Å²) in [5.41, 5.74) is 2.46. The van der Waals surface area contributed by atoms with Crippen LogP contribution >= 0.6 is 27.5 Å². The predicted octanol–water partition coefficient (Wildman–Crippen LogP) is 3.77. The third-order valence-corrected chi connectivity index (χ3v) is 3.91. The minimum atomic E-state index is -0.312. The lowest BCUT2D eigenvalue weighted by Gasteiger charge is -2.17. The van der Waals surface area contributed by atoms with E-state index in [1.54, 1.807) is 6.07 Å². The summed E-state index contributed by atoms with van der Waals surface area (Å²) in [5.74, 6) is 0.186. The van der Waals surface area contributed by atoms with Gasteiger partial charge in [-0.1, -0.05) is 11.6 Å². The van der Waals surface area contributed by atoms with Gasteiger partial charge in [0.2, 0.25) is 0 Å². The van der Waals surface area contributed by atoms with Gasteiger partial charge < -0.3 is 4.74 Å². The number of hydrogen-bond donors (Lipinski definition) is 0. The average Bonchev–Trinajstić information content (AvgIpc) is 2.38. The molecule has 0 fully saturated rings. The lowest BCUT2D eigenvalue weighted by atomic mass is 10.1. The molecular formula is C13H9BrClFN2O. The van der Waals surface area contributed by atoms with Crippen LogP contribution < -0.4 is 0 Å². The summed E-state index contributed by atoms with van der Waals surface area (Å²) in [5, 5.41) is 0.399. The van der Waals surface area contributed by atoms with E-state index in [0.29, 0.717) is 35.1 Å². The molecule has 98 valence electrons. The molecule has 0 N–H and O–H groups in total. The van der Waals surface area contributed by atoms with Crippen LogP contribution in [0.1, 0.15) is 11.3 Å². The van der Waals surface area contributed by atoms with Crippen molar-refractivity contribution >= 4 is 27.5 Å². The van der Waals surface area contributed by atoms with Crippen molar-refractivity contribution in [1.29, 1.82) is 0 Å². The highest BCUT2D eigenvalue weighted by atomic mass is 79.9. The lowest BCUT2D eigenvalue weighted by molar-refractivity contribution is 0.109. The van der Waals surface area contributed by atoms with Crippen LogP contribution in [0.3, 0.4) is 0 Å². The summed E-state index contributed by atoms with van der Waals surface area (Å²) in [7, 11) is 0. The lowest BCUT2D eigenvalue weighted by Crippen LogP contribution is -2.14. The maximum atomic E-state index is 13.1. The van der Waals surface area contributed by atoms with Crippen LogP contribution in [-0.4, -0.2) is 16.6 Å². The molecular weight excluding hydrogens is 335 g/mol. The minimum absolute atomic E-state index is 0.312. The van der Waals surface area contributed by atoms with Gasteiger partial charge in [-0.25, -0.2) is 14.4 Å². The Hall–Kier alpha value is -1.04. The van der Waals surface area contributed by atoms with E-state index in [1.165, 1.54) is 12.1 Å². The predicted molar refractivity (Wildman–Crippen MR) is 73.5 cm³/mol. The van der Waals surface area contributed by atoms with Crippen molar-refractivity contribution in [3.05, 3.63) is 44.9 Å². The van der Waals surface area contributed by atoms with Gasteiger partial charge in [0.25, 0.3) is 0 Å². The molecule has 0 saturated carbocycles. The Morgan fingerprint density at radius 1 is 1.32 bits per heavy atom. The van der Waals surface area contributed by atoms with Crippen LogP contribution in [0, 0.1) is 5.82 Å². The van der Waals surface area contributed by atoms with E-state index in [1.807, 2.05) is 0 Å². The fraction of sp³-hybridized carbons (Fsp3) is 0.231. The second-order valence-electron chi connectivity index (χ2n) is 4.19. The molecule has 0 unspecified atom stereocenters. The molecule has 0 amide bonds.